The summed E-state index contributed by atoms with van der Waals surface area (Å²) >= 11 is 12.5. The molecule has 0 atom stereocenters. The van der Waals surface area contributed by atoms with Crippen LogP contribution >= 0.6 is 35.6 Å². The van der Waals surface area contributed by atoms with Crippen LogP contribution in [0.4, 0.5) is 0 Å². The van der Waals surface area contributed by atoms with Crippen LogP contribution in [0.15, 0.2) is 83.8 Å². The van der Waals surface area contributed by atoms with Gasteiger partial charge in [-0.05, 0) is 53.6 Å². The number of nitrogens with zero attached hydrogens (tertiary/aromatic N) is 1. The summed E-state index contributed by atoms with van der Waals surface area (Å²) in [6, 6.07) is 26.0. The van der Waals surface area contributed by atoms with E-state index < -0.39 is 0 Å². The molecule has 33 heavy (non-hydrogen) atoms. The average Bonchev–Trinajstić information content (AvgIpc) is 3.32. The molecule has 1 saturated heterocycles. The Hall–Kier alpha value is -3.06. The van der Waals surface area contributed by atoms with Crippen molar-refractivity contribution in [1.82, 2.24) is 9.88 Å². The van der Waals surface area contributed by atoms with Gasteiger partial charge in [0.1, 0.15) is 16.7 Å². The van der Waals surface area contributed by atoms with E-state index in [1.807, 2.05) is 72.8 Å². The Balaban J connectivity index is 1.51. The molecule has 0 unspecified atom stereocenters. The highest BCUT2D eigenvalue weighted by Gasteiger charge is 2.23. The number of carbonyl (C=O) groups is 1. The molecule has 1 aromatic heterocycles. The fraction of sp³-hybridized carbons (Fsp3) is 0.0769. The number of hydrogen-bond acceptors (Lipinski definition) is 4. The van der Waals surface area contributed by atoms with E-state index in [1.165, 1.54) is 11.8 Å². The molecule has 1 aliphatic rings. The number of nitrogens with one attached hydrogen (secondary N) is 1. The molecular formula is C26H19ClN2O2S2. The summed E-state index contributed by atoms with van der Waals surface area (Å²) in [5.74, 6) is 0.628. The summed E-state index contributed by atoms with van der Waals surface area (Å²) in [5, 5.41) is 4.42. The first kappa shape index (κ1) is 21.8. The molecule has 0 radical (unpaired) electrons. The normalized spacial score (nSPS) is 14.8. The molecule has 4 nitrogen and oxygen atoms in total. The van der Waals surface area contributed by atoms with Crippen LogP contribution in [0.25, 0.3) is 17.0 Å². The second-order valence-electron chi connectivity index (χ2n) is 7.63. The molecule has 0 saturated carbocycles. The Bertz CT molecular complexity index is 1380. The lowest BCUT2D eigenvalue weighted by Gasteiger charge is -2.11. The Kier molecular flexibility index (Phi) is 6.22. The molecule has 4 aromatic rings. The number of rotatable bonds is 6. The summed E-state index contributed by atoms with van der Waals surface area (Å²) < 4.78 is 8.68. The number of aromatic nitrogens is 1. The maximum absolute atomic E-state index is 12.3. The first-order chi connectivity index (χ1) is 16.0. The van der Waals surface area contributed by atoms with Crippen molar-refractivity contribution >= 4 is 62.8 Å². The van der Waals surface area contributed by atoms with Crippen molar-refractivity contribution < 1.29 is 9.53 Å². The molecule has 7 heteroatoms. The van der Waals surface area contributed by atoms with E-state index in [2.05, 4.69) is 22.0 Å². The van der Waals surface area contributed by atoms with Crippen LogP contribution in [0, 0.1) is 0 Å². The number of thiocarbonyl (C=S) groups is 1. The SMILES string of the molecule is O=C1NC(=S)SC1=Cc1cc2cc(OCc3ccccc3)ccc2n1Cc1ccc(Cl)cc1. The van der Waals surface area contributed by atoms with Gasteiger partial charge in [-0.15, -0.1) is 0 Å². The van der Waals surface area contributed by atoms with E-state index in [4.69, 9.17) is 28.6 Å². The van der Waals surface area contributed by atoms with Gasteiger partial charge < -0.3 is 14.6 Å². The van der Waals surface area contributed by atoms with Gasteiger partial charge in [-0.3, -0.25) is 4.79 Å². The molecule has 0 spiro atoms. The Morgan fingerprint density at radius 1 is 1.00 bits per heavy atom. The van der Waals surface area contributed by atoms with Crippen LogP contribution in [0.2, 0.25) is 5.02 Å². The topological polar surface area (TPSA) is 43.3 Å². The lowest BCUT2D eigenvalue weighted by atomic mass is 10.2. The Morgan fingerprint density at radius 2 is 1.79 bits per heavy atom. The van der Waals surface area contributed by atoms with E-state index >= 15 is 0 Å². The Labute approximate surface area is 206 Å². The first-order valence-corrected chi connectivity index (χ1v) is 11.9. The standard InChI is InChI=1S/C26H19ClN2O2S2/c27-20-8-6-17(7-9-20)15-29-21(14-24-25(30)28-26(32)33-24)12-19-13-22(10-11-23(19)29)31-16-18-4-2-1-3-5-18/h1-14H,15-16H2,(H,28,30,32). The molecule has 1 fully saturated rings. The second kappa shape index (κ2) is 9.43. The predicted molar refractivity (Wildman–Crippen MR) is 140 cm³/mol. The fourth-order valence-corrected chi connectivity index (χ4v) is 4.88. The third-order valence-electron chi connectivity index (χ3n) is 5.33. The molecule has 1 N–H and O–H groups in total. The van der Waals surface area contributed by atoms with Gasteiger partial charge >= 0.3 is 0 Å². The monoisotopic (exact) mass is 490 g/mol. The van der Waals surface area contributed by atoms with Gasteiger partial charge in [-0.1, -0.05) is 78.0 Å². The number of thioether (sulfide) groups is 1. The summed E-state index contributed by atoms with van der Waals surface area (Å²) in [5.41, 5.74) is 4.20. The van der Waals surface area contributed by atoms with Gasteiger partial charge in [0.15, 0.2) is 0 Å². The van der Waals surface area contributed by atoms with Crippen LogP contribution in [0.1, 0.15) is 16.8 Å². The zero-order valence-electron chi connectivity index (χ0n) is 17.5. The summed E-state index contributed by atoms with van der Waals surface area (Å²) in [6.45, 7) is 1.14. The number of carbonyl (C=O) groups excluding carboxylic acids is 1. The van der Waals surface area contributed by atoms with Gasteiger partial charge in [-0.2, -0.15) is 0 Å². The number of amides is 1. The lowest BCUT2D eigenvalue weighted by Crippen LogP contribution is -2.17. The van der Waals surface area contributed by atoms with E-state index in [9.17, 15) is 4.79 Å². The van der Waals surface area contributed by atoms with E-state index in [0.717, 1.165) is 33.5 Å². The van der Waals surface area contributed by atoms with Gasteiger partial charge in [0.25, 0.3) is 5.91 Å². The molecular weight excluding hydrogens is 472 g/mol. The molecule has 164 valence electrons. The molecule has 5 rings (SSSR count). The average molecular weight is 491 g/mol. The quantitative estimate of drug-likeness (QED) is 0.250. The summed E-state index contributed by atoms with van der Waals surface area (Å²) in [4.78, 5) is 12.8. The predicted octanol–water partition coefficient (Wildman–Crippen LogP) is 6.41. The number of benzene rings is 3. The maximum Gasteiger partial charge on any atom is 0.263 e. The van der Waals surface area contributed by atoms with Gasteiger partial charge in [0.2, 0.25) is 0 Å². The molecule has 1 aliphatic heterocycles. The smallest absolute Gasteiger partial charge is 0.263 e. The first-order valence-electron chi connectivity index (χ1n) is 10.3. The van der Waals surface area contributed by atoms with Crippen molar-refractivity contribution in [2.24, 2.45) is 0 Å². The third-order valence-corrected chi connectivity index (χ3v) is 6.74. The minimum Gasteiger partial charge on any atom is -0.489 e. The highest BCUT2D eigenvalue weighted by molar-refractivity contribution is 8.26. The van der Waals surface area contributed by atoms with Crippen molar-refractivity contribution in [2.75, 3.05) is 0 Å². The number of ether oxygens (including phenoxy) is 1. The second-order valence-corrected chi connectivity index (χ2v) is 9.78. The highest BCUT2D eigenvalue weighted by Crippen LogP contribution is 2.31. The number of hydrogen-bond donors (Lipinski definition) is 1. The van der Waals surface area contributed by atoms with Gasteiger partial charge in [0, 0.05) is 28.2 Å². The maximum atomic E-state index is 12.3. The molecule has 2 heterocycles. The van der Waals surface area contributed by atoms with E-state index in [-0.39, 0.29) is 5.91 Å². The van der Waals surface area contributed by atoms with Crippen molar-refractivity contribution in [3.63, 3.8) is 0 Å². The number of halogens is 1. The zero-order chi connectivity index (χ0) is 22.8. The van der Waals surface area contributed by atoms with Crippen LogP contribution in [-0.2, 0) is 17.9 Å². The summed E-state index contributed by atoms with van der Waals surface area (Å²) in [6.07, 6.45) is 1.89. The van der Waals surface area contributed by atoms with E-state index in [0.29, 0.717) is 27.4 Å². The molecule has 3 aromatic carbocycles. The lowest BCUT2D eigenvalue weighted by molar-refractivity contribution is -0.115. The van der Waals surface area contributed by atoms with Crippen LogP contribution in [0.5, 0.6) is 5.75 Å². The van der Waals surface area contributed by atoms with Gasteiger partial charge in [0.05, 0.1) is 4.91 Å². The van der Waals surface area contributed by atoms with E-state index in [1.54, 1.807) is 0 Å². The van der Waals surface area contributed by atoms with Crippen molar-refractivity contribution in [3.8, 4) is 5.75 Å². The highest BCUT2D eigenvalue weighted by atomic mass is 35.5. The zero-order valence-corrected chi connectivity index (χ0v) is 19.8. The largest absolute Gasteiger partial charge is 0.489 e. The fourth-order valence-electron chi connectivity index (χ4n) is 3.72. The van der Waals surface area contributed by atoms with Crippen molar-refractivity contribution in [2.45, 2.75) is 13.2 Å². The van der Waals surface area contributed by atoms with Crippen molar-refractivity contribution in [3.05, 3.63) is 106 Å². The minimum absolute atomic E-state index is 0.166. The van der Waals surface area contributed by atoms with Crippen LogP contribution in [0.3, 0.4) is 0 Å². The van der Waals surface area contributed by atoms with Crippen LogP contribution < -0.4 is 10.1 Å². The minimum atomic E-state index is -0.166. The Morgan fingerprint density at radius 3 is 2.52 bits per heavy atom. The third kappa shape index (κ3) is 4.98. The van der Waals surface area contributed by atoms with Crippen molar-refractivity contribution in [1.29, 1.82) is 0 Å². The molecule has 1 amide bonds. The molecule has 0 aliphatic carbocycles. The molecule has 0 bridgehead atoms. The number of fused-ring (bicyclic) bond motifs is 1. The van der Waals surface area contributed by atoms with Gasteiger partial charge in [-0.25, -0.2) is 0 Å². The summed E-state index contributed by atoms with van der Waals surface area (Å²) in [7, 11) is 0. The van der Waals surface area contributed by atoms with Crippen LogP contribution in [-0.4, -0.2) is 14.8 Å².